The van der Waals surface area contributed by atoms with Crippen LogP contribution in [0.25, 0.3) is 11.2 Å². The normalized spacial score (nSPS) is 36.6. The molecule has 8 rings (SSSR count). The maximum absolute atomic E-state index is 12.7. The van der Waals surface area contributed by atoms with Crippen molar-refractivity contribution in [3.63, 3.8) is 0 Å². The summed E-state index contributed by atoms with van der Waals surface area (Å²) in [5, 5.41) is 32.4. The average Bonchev–Trinajstić information content (AvgIpc) is 3.46. The molecule has 2 saturated carbocycles. The summed E-state index contributed by atoms with van der Waals surface area (Å²) >= 11 is 0. The number of hydrogen-bond donors (Lipinski definition) is 10. The minimum absolute atomic E-state index is 0.135. The maximum Gasteiger partial charge on any atom is 0.490 e. The average molecular weight is 843 g/mol. The summed E-state index contributed by atoms with van der Waals surface area (Å²) in [5.41, 5.74) is 9.97. The standard InChI is InChI=1S/C24H33N10O18P3/c1-32-6-34(17-12(32)19(38)31-22(26)29-17)15-10-9-7(24(9,46-2)50-23(10,15)39)3-47-53(40,41)51-55(44,45)52-54(42,43)48-4-8-13(35)14(36)20(49-8)33-5-27-11-16(33)28-21(25)30-18(11)37/h5,7-10,13-15,20,35-36,39H,3-4,6H2,1-2H3,(H,40,41)(H,42,43)(H,44,45)(H3,25,28,30,37)(H3,26,29,31,38)/t7?,8-,9?,10+,13+,14?,15?,20-,23-,24-/m1/s1. The first-order chi connectivity index (χ1) is 25.6. The molecule has 2 saturated heterocycles. The molecule has 3 aliphatic heterocycles. The quantitative estimate of drug-likeness (QED) is 0.0749. The fourth-order valence-corrected chi connectivity index (χ4v) is 11.3. The number of nitrogens with one attached hydrogen (secondary N) is 2. The van der Waals surface area contributed by atoms with Gasteiger partial charge in [0.2, 0.25) is 11.9 Å². The number of aromatic nitrogens is 6. The number of aliphatic hydroxyl groups is 3. The van der Waals surface area contributed by atoms with E-state index >= 15 is 0 Å². The smallest absolute Gasteiger partial charge is 0.387 e. The predicted molar refractivity (Wildman–Crippen MR) is 177 cm³/mol. The van der Waals surface area contributed by atoms with Gasteiger partial charge in [-0.1, -0.05) is 0 Å². The number of phosphoric acid groups is 3. The second kappa shape index (κ2) is 12.5. The lowest BCUT2D eigenvalue weighted by molar-refractivity contribution is -0.251. The van der Waals surface area contributed by atoms with Gasteiger partial charge in [-0.2, -0.15) is 18.6 Å². The molecule has 7 unspecified atom stereocenters. The number of phosphoric ester groups is 2. The van der Waals surface area contributed by atoms with E-state index in [1.165, 1.54) is 7.11 Å². The zero-order chi connectivity index (χ0) is 39.8. The van der Waals surface area contributed by atoms with Crippen LogP contribution >= 0.6 is 23.5 Å². The van der Waals surface area contributed by atoms with Crippen LogP contribution in [0.5, 0.6) is 0 Å². The summed E-state index contributed by atoms with van der Waals surface area (Å²) in [5.74, 6) is -5.68. The molecule has 28 nitrogen and oxygen atoms in total. The summed E-state index contributed by atoms with van der Waals surface area (Å²) in [6.07, 6.45) is -5.56. The van der Waals surface area contributed by atoms with Crippen molar-refractivity contribution in [3.05, 3.63) is 27.0 Å². The highest BCUT2D eigenvalue weighted by Crippen LogP contribution is 2.78. The van der Waals surface area contributed by atoms with Gasteiger partial charge in [0, 0.05) is 31.9 Å². The van der Waals surface area contributed by atoms with Gasteiger partial charge in [-0.3, -0.25) is 33.2 Å². The molecule has 0 bridgehead atoms. The van der Waals surface area contributed by atoms with E-state index in [2.05, 4.69) is 38.1 Å². The highest BCUT2D eigenvalue weighted by molar-refractivity contribution is 7.66. The van der Waals surface area contributed by atoms with Gasteiger partial charge in [0.1, 0.15) is 24.0 Å². The Morgan fingerprint density at radius 1 is 0.964 bits per heavy atom. The van der Waals surface area contributed by atoms with Crippen LogP contribution in [0.1, 0.15) is 6.23 Å². The molecule has 3 aromatic rings. The number of nitrogen functional groups attached to an aromatic ring is 2. The van der Waals surface area contributed by atoms with Gasteiger partial charge in [0.15, 0.2) is 34.8 Å². The van der Waals surface area contributed by atoms with Crippen molar-refractivity contribution < 1.29 is 75.6 Å². The fraction of sp³-hybridized carbons (Fsp3) is 0.625. The van der Waals surface area contributed by atoms with E-state index in [-0.39, 0.29) is 41.2 Å². The second-order valence-corrected chi connectivity index (χ2v) is 17.9. The van der Waals surface area contributed by atoms with Gasteiger partial charge < -0.3 is 65.5 Å². The summed E-state index contributed by atoms with van der Waals surface area (Å²) in [7, 11) is -14.3. The van der Waals surface area contributed by atoms with Crippen LogP contribution in [0.15, 0.2) is 15.9 Å². The van der Waals surface area contributed by atoms with Gasteiger partial charge in [0.25, 0.3) is 11.1 Å². The molecule has 0 radical (unpaired) electrons. The Hall–Kier alpha value is -3.40. The molecule has 3 aromatic heterocycles. The van der Waals surface area contributed by atoms with Crippen LogP contribution in [-0.4, -0.2) is 129 Å². The fourth-order valence-electron chi connectivity index (χ4n) is 7.73. The van der Waals surface area contributed by atoms with Crippen molar-refractivity contribution in [1.82, 2.24) is 29.5 Å². The molecule has 0 spiro atoms. The van der Waals surface area contributed by atoms with Gasteiger partial charge >= 0.3 is 23.5 Å². The van der Waals surface area contributed by atoms with Gasteiger partial charge in [-0.15, -0.1) is 0 Å². The topological polar surface area (TPSA) is 405 Å². The van der Waals surface area contributed by atoms with Crippen molar-refractivity contribution in [2.24, 2.45) is 17.8 Å². The van der Waals surface area contributed by atoms with Crippen molar-refractivity contribution in [3.8, 4) is 0 Å². The number of imidazole rings is 1. The Labute approximate surface area is 305 Å². The Kier molecular flexibility index (Phi) is 8.78. The lowest BCUT2D eigenvalue weighted by Gasteiger charge is -2.25. The number of methoxy groups -OCH3 is 1. The number of rotatable bonds is 13. The molecular formula is C24H33N10O18P3. The number of aromatic amines is 2. The van der Waals surface area contributed by atoms with E-state index in [0.29, 0.717) is 0 Å². The highest BCUT2D eigenvalue weighted by Gasteiger charge is 2.92. The molecule has 13 atom stereocenters. The molecular weight excluding hydrogens is 809 g/mol. The number of H-pyrrole nitrogens is 2. The van der Waals surface area contributed by atoms with Crippen LogP contribution < -0.4 is 32.4 Å². The third-order valence-electron chi connectivity index (χ3n) is 10.0. The van der Waals surface area contributed by atoms with Crippen LogP contribution in [0.2, 0.25) is 0 Å². The lowest BCUT2D eigenvalue weighted by Crippen LogP contribution is -2.40. The van der Waals surface area contributed by atoms with E-state index < -0.39 is 108 Å². The van der Waals surface area contributed by atoms with Gasteiger partial charge in [-0.25, -0.2) is 18.7 Å². The molecule has 5 aliphatic rings. The van der Waals surface area contributed by atoms with Crippen LogP contribution in [0.4, 0.5) is 23.4 Å². The van der Waals surface area contributed by atoms with Crippen molar-refractivity contribution >= 4 is 58.0 Å². The first-order valence-electron chi connectivity index (χ1n) is 15.9. The summed E-state index contributed by atoms with van der Waals surface area (Å²) < 4.78 is 73.6. The first kappa shape index (κ1) is 38.5. The van der Waals surface area contributed by atoms with E-state index in [1.54, 1.807) is 16.8 Å². The Morgan fingerprint density at radius 3 is 2.27 bits per heavy atom. The number of fused-ring (bicyclic) bond motifs is 5. The zero-order valence-electron chi connectivity index (χ0n) is 28.1. The SMILES string of the molecule is CO[C@]12O[C@@]3(O)C(N4CN(C)c5c4nc(N)[nH]c5=O)[C@@H]3C1C2COP(=O)(O)OP(=O)(O)OP(=O)(O)OC[C@H]1O[C@@H](n2cnc3c(=O)[nH]c(N)nc32)C(O)[C@H]1O. The Balaban J connectivity index is 0.864. The van der Waals surface area contributed by atoms with Gasteiger partial charge in [-0.05, 0) is 0 Å². The lowest BCUT2D eigenvalue weighted by atomic mass is 10.1. The summed E-state index contributed by atoms with van der Waals surface area (Å²) in [4.78, 5) is 74.8. The third kappa shape index (κ3) is 6.22. The monoisotopic (exact) mass is 842 g/mol. The van der Waals surface area contributed by atoms with Crippen molar-refractivity contribution in [2.45, 2.75) is 42.2 Å². The number of nitrogens with two attached hydrogens (primary N) is 2. The Morgan fingerprint density at radius 2 is 1.60 bits per heavy atom. The molecule has 31 heteroatoms. The number of anilines is 4. The number of ether oxygens (including phenoxy) is 3. The minimum atomic E-state index is -5.94. The number of nitrogens with zero attached hydrogens (tertiary/aromatic N) is 6. The third-order valence-corrected chi connectivity index (χ3v) is 14.3. The van der Waals surface area contributed by atoms with Crippen molar-refractivity contribution in [2.75, 3.05) is 55.3 Å². The molecule has 302 valence electrons. The largest absolute Gasteiger partial charge is 0.490 e. The summed E-state index contributed by atoms with van der Waals surface area (Å²) in [6, 6.07) is -0.747. The maximum atomic E-state index is 12.7. The van der Waals surface area contributed by atoms with Crippen molar-refractivity contribution in [1.29, 1.82) is 0 Å². The highest BCUT2D eigenvalue weighted by atomic mass is 31.3. The van der Waals surface area contributed by atoms with Crippen LogP contribution in [-0.2, 0) is 45.6 Å². The predicted octanol–water partition coefficient (Wildman–Crippen LogP) is -3.43. The summed E-state index contributed by atoms with van der Waals surface area (Å²) in [6.45, 7) is -1.63. The van der Waals surface area contributed by atoms with Crippen LogP contribution in [0.3, 0.4) is 0 Å². The minimum Gasteiger partial charge on any atom is -0.387 e. The second-order valence-electron chi connectivity index (χ2n) is 13.3. The molecule has 12 N–H and O–H groups in total. The Bertz CT molecular complexity index is 2350. The number of aliphatic hydroxyl groups excluding tert-OH is 2. The van der Waals surface area contributed by atoms with E-state index in [9.17, 15) is 53.3 Å². The molecule has 6 heterocycles. The van der Waals surface area contributed by atoms with Gasteiger partial charge in [0.05, 0.1) is 32.3 Å². The molecule has 4 fully saturated rings. The molecule has 0 amide bonds. The van der Waals surface area contributed by atoms with E-state index in [4.69, 9.17) is 30.2 Å². The van der Waals surface area contributed by atoms with Crippen LogP contribution in [0, 0.1) is 17.8 Å². The molecule has 55 heavy (non-hydrogen) atoms. The molecule has 2 aliphatic carbocycles. The first-order valence-corrected chi connectivity index (χ1v) is 20.4. The number of hydrogen-bond acceptors (Lipinski definition) is 22. The van der Waals surface area contributed by atoms with E-state index in [1.807, 2.05) is 0 Å². The van der Waals surface area contributed by atoms with E-state index in [0.717, 1.165) is 10.9 Å². The molecule has 0 aromatic carbocycles. The zero-order valence-corrected chi connectivity index (χ0v) is 30.8.